The van der Waals surface area contributed by atoms with Crippen LogP contribution < -0.4 is 0 Å². The van der Waals surface area contributed by atoms with Crippen molar-refractivity contribution in [2.24, 2.45) is 0 Å². The zero-order valence-corrected chi connectivity index (χ0v) is 12.2. The fourth-order valence-electron chi connectivity index (χ4n) is 2.07. The number of ether oxygens (including phenoxy) is 2. The number of aromatic nitrogens is 2. The molecule has 1 aromatic rings. The summed E-state index contributed by atoms with van der Waals surface area (Å²) in [6.45, 7) is 13.5. The van der Waals surface area contributed by atoms with Crippen LogP contribution in [0, 0.1) is 0 Å². The second kappa shape index (κ2) is 4.67. The topological polar surface area (TPSA) is 36.3 Å². The second-order valence-corrected chi connectivity index (χ2v) is 6.31. The Bertz CT molecular complexity index is 412. The van der Waals surface area contributed by atoms with Crippen molar-refractivity contribution >= 4 is 0 Å². The third-order valence-corrected chi connectivity index (χ3v) is 3.18. The molecule has 0 atom stereocenters. The van der Waals surface area contributed by atoms with Crippen molar-refractivity contribution in [1.82, 2.24) is 9.78 Å². The molecule has 102 valence electrons. The average molecular weight is 252 g/mol. The molecule has 0 radical (unpaired) electrons. The van der Waals surface area contributed by atoms with E-state index in [-0.39, 0.29) is 18.0 Å². The zero-order valence-electron chi connectivity index (χ0n) is 12.2. The third kappa shape index (κ3) is 2.75. The maximum absolute atomic E-state index is 5.49. The van der Waals surface area contributed by atoms with Crippen LogP contribution in [-0.2, 0) is 21.4 Å². The van der Waals surface area contributed by atoms with Crippen molar-refractivity contribution in [3.05, 3.63) is 17.5 Å². The van der Waals surface area contributed by atoms with E-state index < -0.39 is 0 Å². The molecule has 2 rings (SSSR count). The molecule has 1 aromatic heterocycles. The predicted octanol–water partition coefficient (Wildman–Crippen LogP) is 3.02. The Morgan fingerprint density at radius 1 is 1.33 bits per heavy atom. The quantitative estimate of drug-likeness (QED) is 0.829. The molecule has 2 heterocycles. The van der Waals surface area contributed by atoms with Crippen LogP contribution in [0.1, 0.15) is 58.8 Å². The molecule has 1 aliphatic heterocycles. The van der Waals surface area contributed by atoms with E-state index in [0.717, 1.165) is 5.69 Å². The maximum atomic E-state index is 5.49. The lowest BCUT2D eigenvalue weighted by Crippen LogP contribution is -2.42. The summed E-state index contributed by atoms with van der Waals surface area (Å²) in [6.07, 6.45) is -0.222. The Morgan fingerprint density at radius 2 is 1.94 bits per heavy atom. The van der Waals surface area contributed by atoms with Gasteiger partial charge >= 0.3 is 0 Å². The van der Waals surface area contributed by atoms with Crippen LogP contribution >= 0.6 is 0 Å². The van der Waals surface area contributed by atoms with Gasteiger partial charge in [-0.05, 0) is 18.9 Å². The molecule has 1 saturated heterocycles. The highest BCUT2D eigenvalue weighted by atomic mass is 16.9. The lowest BCUT2D eigenvalue weighted by Gasteiger charge is -2.34. The molecule has 0 N–H and O–H groups in total. The van der Waals surface area contributed by atoms with E-state index in [1.165, 1.54) is 5.69 Å². The third-order valence-electron chi connectivity index (χ3n) is 3.18. The van der Waals surface area contributed by atoms with Crippen molar-refractivity contribution in [2.45, 2.75) is 72.0 Å². The van der Waals surface area contributed by atoms with Gasteiger partial charge in [-0.15, -0.1) is 0 Å². The van der Waals surface area contributed by atoms with Gasteiger partial charge in [-0.3, -0.25) is 4.68 Å². The van der Waals surface area contributed by atoms with E-state index in [9.17, 15) is 0 Å². The van der Waals surface area contributed by atoms with Gasteiger partial charge in [0.2, 0.25) is 0 Å². The Hall–Kier alpha value is -0.870. The SMILES string of the molecule is CC1OC(Cn2nc(C(C)(C)C)cc2C(C)C)O1. The van der Waals surface area contributed by atoms with E-state index in [1.807, 2.05) is 11.6 Å². The zero-order chi connectivity index (χ0) is 13.5. The van der Waals surface area contributed by atoms with E-state index in [2.05, 4.69) is 40.7 Å². The van der Waals surface area contributed by atoms with Crippen molar-refractivity contribution in [1.29, 1.82) is 0 Å². The fourth-order valence-corrected chi connectivity index (χ4v) is 2.07. The molecular formula is C14H24N2O2. The van der Waals surface area contributed by atoms with Gasteiger partial charge in [0.1, 0.15) is 0 Å². The molecule has 0 aliphatic carbocycles. The first kappa shape index (κ1) is 13.6. The van der Waals surface area contributed by atoms with Crippen LogP contribution in [0.25, 0.3) is 0 Å². The van der Waals surface area contributed by atoms with Crippen LogP contribution in [0.2, 0.25) is 0 Å². The van der Waals surface area contributed by atoms with Crippen LogP contribution in [0.5, 0.6) is 0 Å². The molecule has 4 nitrogen and oxygen atoms in total. The highest BCUT2D eigenvalue weighted by molar-refractivity contribution is 5.19. The Morgan fingerprint density at radius 3 is 2.39 bits per heavy atom. The summed E-state index contributed by atoms with van der Waals surface area (Å²) in [5, 5.41) is 4.71. The maximum Gasteiger partial charge on any atom is 0.183 e. The van der Waals surface area contributed by atoms with E-state index >= 15 is 0 Å². The molecule has 0 spiro atoms. The van der Waals surface area contributed by atoms with Gasteiger partial charge in [0.05, 0.1) is 12.2 Å². The molecule has 0 amide bonds. The summed E-state index contributed by atoms with van der Waals surface area (Å²) in [7, 11) is 0. The van der Waals surface area contributed by atoms with Crippen LogP contribution in [0.15, 0.2) is 6.07 Å². The summed E-state index contributed by atoms with van der Waals surface area (Å²) in [6, 6.07) is 2.20. The summed E-state index contributed by atoms with van der Waals surface area (Å²) in [5.41, 5.74) is 2.44. The van der Waals surface area contributed by atoms with Gasteiger partial charge in [-0.1, -0.05) is 34.6 Å². The first-order chi connectivity index (χ1) is 8.27. The number of nitrogens with zero attached hydrogens (tertiary/aromatic N) is 2. The molecule has 0 aromatic carbocycles. The van der Waals surface area contributed by atoms with Crippen molar-refractivity contribution in [2.75, 3.05) is 0 Å². The molecule has 18 heavy (non-hydrogen) atoms. The molecule has 1 aliphatic rings. The molecule has 0 unspecified atom stereocenters. The van der Waals surface area contributed by atoms with Crippen LogP contribution in [-0.4, -0.2) is 22.4 Å². The minimum Gasteiger partial charge on any atom is -0.322 e. The minimum atomic E-state index is -0.148. The summed E-state index contributed by atoms with van der Waals surface area (Å²) in [4.78, 5) is 0. The Balaban J connectivity index is 2.19. The fraction of sp³-hybridized carbons (Fsp3) is 0.786. The molecule has 1 fully saturated rings. The van der Waals surface area contributed by atoms with E-state index in [4.69, 9.17) is 14.6 Å². The normalized spacial score (nSPS) is 24.4. The lowest BCUT2D eigenvalue weighted by molar-refractivity contribution is -0.379. The molecule has 0 bridgehead atoms. The Kier molecular flexibility index (Phi) is 3.52. The van der Waals surface area contributed by atoms with Gasteiger partial charge in [-0.2, -0.15) is 5.10 Å². The standard InChI is InChI=1S/C14H24N2O2/c1-9(2)11-7-12(14(4,5)6)15-16(11)8-13-17-10(3)18-13/h7,9-10,13H,8H2,1-6H3. The van der Waals surface area contributed by atoms with Gasteiger partial charge < -0.3 is 9.47 Å². The highest BCUT2D eigenvalue weighted by Gasteiger charge is 2.29. The van der Waals surface area contributed by atoms with E-state index in [1.54, 1.807) is 0 Å². The predicted molar refractivity (Wildman–Crippen MR) is 70.4 cm³/mol. The number of hydrogen-bond donors (Lipinski definition) is 0. The number of hydrogen-bond acceptors (Lipinski definition) is 3. The van der Waals surface area contributed by atoms with Crippen LogP contribution in [0.3, 0.4) is 0 Å². The van der Waals surface area contributed by atoms with Gasteiger partial charge in [0.25, 0.3) is 0 Å². The second-order valence-electron chi connectivity index (χ2n) is 6.31. The summed E-state index contributed by atoms with van der Waals surface area (Å²) in [5.74, 6) is 0.450. The summed E-state index contributed by atoms with van der Waals surface area (Å²) < 4.78 is 13.0. The molecule has 4 heteroatoms. The van der Waals surface area contributed by atoms with Crippen molar-refractivity contribution in [3.63, 3.8) is 0 Å². The number of rotatable bonds is 3. The summed E-state index contributed by atoms with van der Waals surface area (Å²) >= 11 is 0. The molecular weight excluding hydrogens is 228 g/mol. The first-order valence-corrected chi connectivity index (χ1v) is 6.66. The van der Waals surface area contributed by atoms with Gasteiger partial charge in [-0.25, -0.2) is 0 Å². The smallest absolute Gasteiger partial charge is 0.183 e. The van der Waals surface area contributed by atoms with Crippen molar-refractivity contribution < 1.29 is 9.47 Å². The van der Waals surface area contributed by atoms with Gasteiger partial charge in [0.15, 0.2) is 12.6 Å². The lowest BCUT2D eigenvalue weighted by atomic mass is 9.92. The van der Waals surface area contributed by atoms with Gasteiger partial charge in [0, 0.05) is 11.1 Å². The first-order valence-electron chi connectivity index (χ1n) is 6.66. The van der Waals surface area contributed by atoms with Crippen LogP contribution in [0.4, 0.5) is 0 Å². The Labute approximate surface area is 109 Å². The monoisotopic (exact) mass is 252 g/mol. The highest BCUT2D eigenvalue weighted by Crippen LogP contribution is 2.26. The molecule has 0 saturated carbocycles. The van der Waals surface area contributed by atoms with E-state index in [0.29, 0.717) is 12.5 Å². The largest absolute Gasteiger partial charge is 0.322 e. The minimum absolute atomic E-state index is 0.0729. The van der Waals surface area contributed by atoms with Crippen molar-refractivity contribution in [3.8, 4) is 0 Å². The average Bonchev–Trinajstić information content (AvgIpc) is 2.58.